The summed E-state index contributed by atoms with van der Waals surface area (Å²) in [7, 11) is 0. The number of benzene rings is 2. The Bertz CT molecular complexity index is 816. The van der Waals surface area contributed by atoms with Crippen molar-refractivity contribution in [3.8, 4) is 5.75 Å². The molecule has 25 heavy (non-hydrogen) atoms. The summed E-state index contributed by atoms with van der Waals surface area (Å²) in [6.45, 7) is 0. The van der Waals surface area contributed by atoms with Crippen LogP contribution in [0.2, 0.25) is 0 Å². The number of ether oxygens (including phenoxy) is 1. The lowest BCUT2D eigenvalue weighted by atomic mass is 9.77. The van der Waals surface area contributed by atoms with E-state index in [4.69, 9.17) is 0 Å². The van der Waals surface area contributed by atoms with Crippen LogP contribution in [0.5, 0.6) is 5.75 Å². The van der Waals surface area contributed by atoms with Crippen LogP contribution in [0.1, 0.15) is 29.5 Å². The van der Waals surface area contributed by atoms with Crippen molar-refractivity contribution in [2.75, 3.05) is 5.32 Å². The highest BCUT2D eigenvalue weighted by atomic mass is 79.9. The third-order valence-electron chi connectivity index (χ3n) is 4.80. The maximum absolute atomic E-state index is 12.5. The molecule has 130 valence electrons. The van der Waals surface area contributed by atoms with Gasteiger partial charge in [-0.05, 0) is 53.8 Å². The number of hydrogen-bond acceptors (Lipinski definition) is 2. The maximum Gasteiger partial charge on any atom is 0.573 e. The summed E-state index contributed by atoms with van der Waals surface area (Å²) < 4.78 is 42.6. The normalized spacial score (nSPS) is 24.4. The molecule has 1 aliphatic heterocycles. The SMILES string of the molecule is FC(F)(F)Oc1ccc2c(c1)[C@@H]1C=CC[C@H]1[C@H](c1ccc(Br)cc1)N2. The molecule has 2 aromatic rings. The number of nitrogens with one attached hydrogen (secondary N) is 1. The van der Waals surface area contributed by atoms with Crippen molar-refractivity contribution in [2.24, 2.45) is 5.92 Å². The van der Waals surface area contributed by atoms with Crippen LogP contribution in [0.15, 0.2) is 59.1 Å². The molecule has 0 radical (unpaired) electrons. The molecule has 2 aromatic carbocycles. The number of hydrogen-bond donors (Lipinski definition) is 1. The van der Waals surface area contributed by atoms with Crippen molar-refractivity contribution >= 4 is 21.6 Å². The lowest BCUT2D eigenvalue weighted by Crippen LogP contribution is -2.29. The van der Waals surface area contributed by atoms with E-state index in [-0.39, 0.29) is 23.6 Å². The third-order valence-corrected chi connectivity index (χ3v) is 5.33. The quantitative estimate of drug-likeness (QED) is 0.598. The van der Waals surface area contributed by atoms with Crippen molar-refractivity contribution in [1.29, 1.82) is 0 Å². The van der Waals surface area contributed by atoms with Crippen LogP contribution in [0, 0.1) is 5.92 Å². The monoisotopic (exact) mass is 409 g/mol. The Balaban J connectivity index is 1.70. The van der Waals surface area contributed by atoms with E-state index in [2.05, 4.69) is 50.3 Å². The first-order valence-corrected chi connectivity index (χ1v) is 8.78. The molecule has 0 saturated carbocycles. The molecule has 0 bridgehead atoms. The van der Waals surface area contributed by atoms with Crippen molar-refractivity contribution in [2.45, 2.75) is 24.7 Å². The highest BCUT2D eigenvalue weighted by Gasteiger charge is 2.38. The molecule has 3 atom stereocenters. The minimum Gasteiger partial charge on any atom is -0.406 e. The molecular weight excluding hydrogens is 395 g/mol. The molecule has 0 spiro atoms. The standard InChI is InChI=1S/C19H15BrF3NO/c20-12-6-4-11(5-7-12)18-15-3-1-2-14(15)16-10-13(25-19(21,22)23)8-9-17(16)24-18/h1-2,4-10,14-15,18,24H,3H2/t14-,15-,18+/m1/s1. The van der Waals surface area contributed by atoms with Crippen LogP contribution in [-0.2, 0) is 0 Å². The van der Waals surface area contributed by atoms with Crippen LogP contribution in [0.25, 0.3) is 0 Å². The predicted molar refractivity (Wildman–Crippen MR) is 93.6 cm³/mol. The van der Waals surface area contributed by atoms with Gasteiger partial charge < -0.3 is 10.1 Å². The summed E-state index contributed by atoms with van der Waals surface area (Å²) in [5.41, 5.74) is 2.88. The molecular formula is C19H15BrF3NO. The summed E-state index contributed by atoms with van der Waals surface area (Å²) in [5.74, 6) is 0.186. The second kappa shape index (κ2) is 6.09. The van der Waals surface area contributed by atoms with Crippen LogP contribution < -0.4 is 10.1 Å². The Morgan fingerprint density at radius 2 is 1.84 bits per heavy atom. The Hall–Kier alpha value is -1.95. The largest absolute Gasteiger partial charge is 0.573 e. The smallest absolute Gasteiger partial charge is 0.406 e. The Kier molecular flexibility index (Phi) is 4.02. The fourth-order valence-electron chi connectivity index (χ4n) is 3.77. The molecule has 1 N–H and O–H groups in total. The van der Waals surface area contributed by atoms with Crippen LogP contribution >= 0.6 is 15.9 Å². The summed E-state index contributed by atoms with van der Waals surface area (Å²) in [4.78, 5) is 0. The minimum atomic E-state index is -4.68. The predicted octanol–water partition coefficient (Wildman–Crippen LogP) is 6.17. The second-order valence-corrected chi connectivity index (χ2v) is 7.24. The van der Waals surface area contributed by atoms with Crippen molar-refractivity contribution in [3.63, 3.8) is 0 Å². The first-order chi connectivity index (χ1) is 11.9. The summed E-state index contributed by atoms with van der Waals surface area (Å²) in [5, 5.41) is 3.50. The van der Waals surface area contributed by atoms with E-state index in [0.717, 1.165) is 22.1 Å². The third kappa shape index (κ3) is 3.27. The van der Waals surface area contributed by atoms with Crippen LogP contribution in [0.4, 0.5) is 18.9 Å². The van der Waals surface area contributed by atoms with E-state index in [1.807, 2.05) is 12.1 Å². The Morgan fingerprint density at radius 3 is 2.56 bits per heavy atom. The molecule has 0 fully saturated rings. The molecule has 0 aromatic heterocycles. The van der Waals surface area contributed by atoms with Gasteiger partial charge in [-0.2, -0.15) is 0 Å². The van der Waals surface area contributed by atoms with Crippen molar-refractivity contribution < 1.29 is 17.9 Å². The summed E-state index contributed by atoms with van der Waals surface area (Å²) in [6, 6.07) is 12.8. The van der Waals surface area contributed by atoms with Gasteiger partial charge in [0.1, 0.15) is 5.75 Å². The Morgan fingerprint density at radius 1 is 1.08 bits per heavy atom. The zero-order valence-corrected chi connectivity index (χ0v) is 14.6. The molecule has 6 heteroatoms. The number of allylic oxidation sites excluding steroid dienone is 2. The lowest BCUT2D eigenvalue weighted by molar-refractivity contribution is -0.274. The molecule has 0 amide bonds. The molecule has 0 unspecified atom stereocenters. The zero-order valence-electron chi connectivity index (χ0n) is 13.1. The number of alkyl halides is 3. The van der Waals surface area contributed by atoms with Gasteiger partial charge in [-0.3, -0.25) is 0 Å². The molecule has 1 aliphatic carbocycles. The molecule has 1 heterocycles. The molecule has 4 rings (SSSR count). The highest BCUT2D eigenvalue weighted by molar-refractivity contribution is 9.10. The number of fused-ring (bicyclic) bond motifs is 3. The van der Waals surface area contributed by atoms with E-state index in [0.29, 0.717) is 0 Å². The van der Waals surface area contributed by atoms with E-state index in [1.54, 1.807) is 6.07 Å². The lowest BCUT2D eigenvalue weighted by Gasteiger charge is -2.37. The topological polar surface area (TPSA) is 21.3 Å². The average molecular weight is 410 g/mol. The van der Waals surface area contributed by atoms with Crippen LogP contribution in [-0.4, -0.2) is 6.36 Å². The Labute approximate surface area is 151 Å². The first kappa shape index (κ1) is 16.5. The van der Waals surface area contributed by atoms with Gasteiger partial charge in [0.2, 0.25) is 0 Å². The number of halogens is 4. The fourth-order valence-corrected chi connectivity index (χ4v) is 4.03. The van der Waals surface area contributed by atoms with Gasteiger partial charge in [-0.1, -0.05) is 40.2 Å². The van der Waals surface area contributed by atoms with Crippen molar-refractivity contribution in [3.05, 3.63) is 70.2 Å². The fraction of sp³-hybridized carbons (Fsp3) is 0.263. The number of rotatable bonds is 2. The molecule has 0 saturated heterocycles. The van der Waals surface area contributed by atoms with Crippen molar-refractivity contribution in [1.82, 2.24) is 0 Å². The summed E-state index contributed by atoms with van der Waals surface area (Å²) >= 11 is 3.44. The van der Waals surface area contributed by atoms with Gasteiger partial charge in [-0.25, -0.2) is 0 Å². The number of anilines is 1. The van der Waals surface area contributed by atoms with Gasteiger partial charge in [0.05, 0.1) is 6.04 Å². The summed E-state index contributed by atoms with van der Waals surface area (Å²) in [6.07, 6.45) is 0.409. The average Bonchev–Trinajstić information content (AvgIpc) is 3.03. The second-order valence-electron chi connectivity index (χ2n) is 6.32. The zero-order chi connectivity index (χ0) is 17.6. The van der Waals surface area contributed by atoms with Gasteiger partial charge in [0, 0.05) is 16.1 Å². The molecule has 2 nitrogen and oxygen atoms in total. The van der Waals surface area contributed by atoms with Gasteiger partial charge >= 0.3 is 6.36 Å². The van der Waals surface area contributed by atoms with E-state index < -0.39 is 6.36 Å². The highest BCUT2D eigenvalue weighted by Crippen LogP contribution is 2.50. The molecule has 2 aliphatic rings. The van der Waals surface area contributed by atoms with Gasteiger partial charge in [0.15, 0.2) is 0 Å². The van der Waals surface area contributed by atoms with E-state index in [9.17, 15) is 13.2 Å². The van der Waals surface area contributed by atoms with Gasteiger partial charge in [-0.15, -0.1) is 13.2 Å². The van der Waals surface area contributed by atoms with Gasteiger partial charge in [0.25, 0.3) is 0 Å². The van der Waals surface area contributed by atoms with Crippen LogP contribution in [0.3, 0.4) is 0 Å². The van der Waals surface area contributed by atoms with E-state index >= 15 is 0 Å². The maximum atomic E-state index is 12.5. The first-order valence-electron chi connectivity index (χ1n) is 7.99. The van der Waals surface area contributed by atoms with E-state index in [1.165, 1.54) is 17.7 Å². The minimum absolute atomic E-state index is 0.0849.